The molecule has 7 nitrogen and oxygen atoms in total. The minimum absolute atomic E-state index is 0.462. The smallest absolute Gasteiger partial charge is 0.308 e. The van der Waals surface area contributed by atoms with Gasteiger partial charge in [-0.25, -0.2) is 0 Å². The van der Waals surface area contributed by atoms with Crippen molar-refractivity contribution in [1.29, 1.82) is 0 Å². The normalized spacial score (nSPS) is 25.1. The minimum Gasteiger partial charge on any atom is -0.481 e. The molecular formula is C12H20N2O5. The van der Waals surface area contributed by atoms with Gasteiger partial charge in [0.1, 0.15) is 0 Å². The highest BCUT2D eigenvalue weighted by Gasteiger charge is 2.31. The number of nitrogens with one attached hydrogen (secondary N) is 1. The van der Waals surface area contributed by atoms with E-state index in [-0.39, 0.29) is 0 Å². The Morgan fingerprint density at radius 2 is 1.79 bits per heavy atom. The van der Waals surface area contributed by atoms with Gasteiger partial charge in [-0.2, -0.15) is 0 Å². The number of hydrogen-bond acceptors (Lipinski definition) is 4. The lowest BCUT2D eigenvalue weighted by molar-refractivity contribution is -0.144. The van der Waals surface area contributed by atoms with Gasteiger partial charge in [0.2, 0.25) is 5.91 Å². The van der Waals surface area contributed by atoms with Gasteiger partial charge in [-0.15, -0.1) is 0 Å². The van der Waals surface area contributed by atoms with Gasteiger partial charge in [0.15, 0.2) is 0 Å². The molecule has 0 aliphatic heterocycles. The Bertz CT molecular complexity index is 358. The molecule has 1 saturated carbocycles. The van der Waals surface area contributed by atoms with Crippen LogP contribution in [0.4, 0.5) is 0 Å². The molecule has 5 N–H and O–H groups in total. The summed E-state index contributed by atoms with van der Waals surface area (Å²) in [7, 11) is 0. The second-order valence-corrected chi connectivity index (χ2v) is 4.90. The lowest BCUT2D eigenvalue weighted by Gasteiger charge is -2.24. The van der Waals surface area contributed by atoms with Gasteiger partial charge in [-0.05, 0) is 12.8 Å². The third kappa shape index (κ3) is 4.86. The monoisotopic (exact) mass is 272 g/mol. The van der Waals surface area contributed by atoms with E-state index >= 15 is 0 Å². The molecule has 1 aliphatic carbocycles. The summed E-state index contributed by atoms with van der Waals surface area (Å²) in [5.41, 5.74) is 5.46. The van der Waals surface area contributed by atoms with Crippen molar-refractivity contribution in [3.63, 3.8) is 0 Å². The van der Waals surface area contributed by atoms with Crippen molar-refractivity contribution in [2.24, 2.45) is 11.7 Å². The fourth-order valence-electron chi connectivity index (χ4n) is 2.35. The Kier molecular flexibility index (Phi) is 5.75. The summed E-state index contributed by atoms with van der Waals surface area (Å²) in [5.74, 6) is -3.30. The second kappa shape index (κ2) is 7.08. The van der Waals surface area contributed by atoms with Crippen molar-refractivity contribution in [2.45, 2.75) is 50.6 Å². The number of rotatable bonds is 5. The van der Waals surface area contributed by atoms with Gasteiger partial charge in [-0.3, -0.25) is 14.4 Å². The van der Waals surface area contributed by atoms with Gasteiger partial charge in [-0.1, -0.05) is 19.3 Å². The third-order valence-corrected chi connectivity index (χ3v) is 3.39. The van der Waals surface area contributed by atoms with Crippen LogP contribution in [0.1, 0.15) is 38.5 Å². The first-order valence-electron chi connectivity index (χ1n) is 6.42. The van der Waals surface area contributed by atoms with E-state index in [0.29, 0.717) is 12.8 Å². The molecule has 1 amide bonds. The van der Waals surface area contributed by atoms with Crippen LogP contribution in [0.25, 0.3) is 0 Å². The van der Waals surface area contributed by atoms with Crippen molar-refractivity contribution >= 4 is 17.8 Å². The predicted molar refractivity (Wildman–Crippen MR) is 66.4 cm³/mol. The molecule has 0 saturated heterocycles. The van der Waals surface area contributed by atoms with E-state index in [9.17, 15) is 14.4 Å². The van der Waals surface area contributed by atoms with Gasteiger partial charge in [0, 0.05) is 6.04 Å². The van der Waals surface area contributed by atoms with E-state index in [1.807, 2.05) is 0 Å². The lowest BCUT2D eigenvalue weighted by Crippen LogP contribution is -2.49. The standard InChI is InChI=1S/C12H20N2O5/c13-8(6-10(15)16)11(17)14-9-5-3-1-2-4-7(9)12(18)19/h7-9H,1-6,13H2,(H,14,17)(H,15,16)(H,18,19). The van der Waals surface area contributed by atoms with Crippen molar-refractivity contribution in [3.8, 4) is 0 Å². The predicted octanol–water partition coefficient (Wildman–Crippen LogP) is -0.0619. The highest BCUT2D eigenvalue weighted by atomic mass is 16.4. The average molecular weight is 272 g/mol. The maximum Gasteiger partial charge on any atom is 0.308 e. The van der Waals surface area contributed by atoms with Gasteiger partial charge in [0.25, 0.3) is 0 Å². The number of carboxylic acid groups (broad SMARTS) is 2. The molecule has 1 rings (SSSR count). The largest absolute Gasteiger partial charge is 0.481 e. The maximum atomic E-state index is 11.7. The zero-order chi connectivity index (χ0) is 14.4. The molecule has 1 fully saturated rings. The fourth-order valence-corrected chi connectivity index (χ4v) is 2.35. The van der Waals surface area contributed by atoms with E-state index in [4.69, 9.17) is 15.9 Å². The summed E-state index contributed by atoms with van der Waals surface area (Å²) in [6.45, 7) is 0. The number of aliphatic carboxylic acids is 2. The van der Waals surface area contributed by atoms with Crippen LogP contribution in [0.3, 0.4) is 0 Å². The molecule has 0 bridgehead atoms. The fraction of sp³-hybridized carbons (Fsp3) is 0.750. The van der Waals surface area contributed by atoms with Crippen LogP contribution in [-0.4, -0.2) is 40.1 Å². The molecule has 0 aromatic heterocycles. The zero-order valence-corrected chi connectivity index (χ0v) is 10.7. The van der Waals surface area contributed by atoms with Crippen LogP contribution in [-0.2, 0) is 14.4 Å². The Morgan fingerprint density at radius 3 is 2.37 bits per heavy atom. The third-order valence-electron chi connectivity index (χ3n) is 3.39. The van der Waals surface area contributed by atoms with Crippen LogP contribution in [0, 0.1) is 5.92 Å². The second-order valence-electron chi connectivity index (χ2n) is 4.90. The first kappa shape index (κ1) is 15.4. The zero-order valence-electron chi connectivity index (χ0n) is 10.7. The number of carbonyl (C=O) groups is 3. The van der Waals surface area contributed by atoms with E-state index in [0.717, 1.165) is 19.3 Å². The number of carboxylic acids is 2. The van der Waals surface area contributed by atoms with Crippen LogP contribution in [0.5, 0.6) is 0 Å². The van der Waals surface area contributed by atoms with Crippen molar-refractivity contribution in [3.05, 3.63) is 0 Å². The Balaban J connectivity index is 2.62. The molecule has 0 aromatic carbocycles. The molecule has 3 unspecified atom stereocenters. The number of amides is 1. The molecule has 0 spiro atoms. The van der Waals surface area contributed by atoms with E-state index < -0.39 is 42.3 Å². The molecular weight excluding hydrogens is 252 g/mol. The maximum absolute atomic E-state index is 11.7. The Hall–Kier alpha value is -1.63. The highest BCUT2D eigenvalue weighted by molar-refractivity contribution is 5.86. The van der Waals surface area contributed by atoms with Gasteiger partial charge < -0.3 is 21.3 Å². The first-order valence-corrected chi connectivity index (χ1v) is 6.42. The first-order chi connectivity index (χ1) is 8.91. The van der Waals surface area contributed by atoms with Gasteiger partial charge in [0.05, 0.1) is 18.4 Å². The summed E-state index contributed by atoms with van der Waals surface area (Å²) in [6.07, 6.45) is 3.26. The van der Waals surface area contributed by atoms with Gasteiger partial charge >= 0.3 is 11.9 Å². The molecule has 0 aromatic rings. The average Bonchev–Trinajstić information content (AvgIpc) is 2.53. The van der Waals surface area contributed by atoms with Crippen molar-refractivity contribution in [2.75, 3.05) is 0 Å². The molecule has 7 heteroatoms. The van der Waals surface area contributed by atoms with Crippen LogP contribution >= 0.6 is 0 Å². The molecule has 108 valence electrons. The highest BCUT2D eigenvalue weighted by Crippen LogP contribution is 2.23. The number of hydrogen-bond donors (Lipinski definition) is 4. The Labute approximate surface area is 111 Å². The summed E-state index contributed by atoms with van der Waals surface area (Å²) in [4.78, 5) is 33.4. The molecule has 1 aliphatic rings. The topological polar surface area (TPSA) is 130 Å². The minimum atomic E-state index is -1.15. The number of nitrogens with two attached hydrogens (primary N) is 1. The SMILES string of the molecule is NC(CC(=O)O)C(=O)NC1CCCCCC1C(=O)O. The molecule has 19 heavy (non-hydrogen) atoms. The lowest BCUT2D eigenvalue weighted by atomic mass is 9.94. The van der Waals surface area contributed by atoms with Crippen LogP contribution < -0.4 is 11.1 Å². The summed E-state index contributed by atoms with van der Waals surface area (Å²) in [5, 5.41) is 20.3. The van der Waals surface area contributed by atoms with E-state index in [2.05, 4.69) is 5.32 Å². The number of carbonyl (C=O) groups excluding carboxylic acids is 1. The molecule has 0 heterocycles. The van der Waals surface area contributed by atoms with Crippen molar-refractivity contribution < 1.29 is 24.6 Å². The molecule has 0 radical (unpaired) electrons. The Morgan fingerprint density at radius 1 is 1.16 bits per heavy atom. The van der Waals surface area contributed by atoms with E-state index in [1.54, 1.807) is 0 Å². The molecule has 3 atom stereocenters. The van der Waals surface area contributed by atoms with Crippen LogP contribution in [0.2, 0.25) is 0 Å². The van der Waals surface area contributed by atoms with Crippen LogP contribution in [0.15, 0.2) is 0 Å². The summed E-state index contributed by atoms with van der Waals surface area (Å²) >= 11 is 0. The van der Waals surface area contributed by atoms with E-state index in [1.165, 1.54) is 0 Å². The summed E-state index contributed by atoms with van der Waals surface area (Å²) in [6, 6.07) is -1.61. The quantitative estimate of drug-likeness (QED) is 0.519. The van der Waals surface area contributed by atoms with Crippen molar-refractivity contribution in [1.82, 2.24) is 5.32 Å². The summed E-state index contributed by atoms with van der Waals surface area (Å²) < 4.78 is 0.